The smallest absolute Gasteiger partial charge is 0.410 e. The molecule has 0 saturated carbocycles. The van der Waals surface area contributed by atoms with Gasteiger partial charge in [0.25, 0.3) is 0 Å². The maximum absolute atomic E-state index is 11.8. The Bertz CT molecular complexity index is 676. The molecule has 1 saturated heterocycles. The van der Waals surface area contributed by atoms with Gasteiger partial charge in [-0.2, -0.15) is 0 Å². The Morgan fingerprint density at radius 3 is 2.68 bits per heavy atom. The van der Waals surface area contributed by atoms with Crippen molar-refractivity contribution in [2.75, 3.05) is 13.1 Å². The van der Waals surface area contributed by atoms with Gasteiger partial charge in [-0.05, 0) is 5.56 Å². The summed E-state index contributed by atoms with van der Waals surface area (Å²) < 4.78 is 10.3. The number of carbonyl (C=O) groups is 2. The summed E-state index contributed by atoms with van der Waals surface area (Å²) in [6, 6.07) is 9.42. The minimum Gasteiger partial charge on any atom is -0.475 e. The zero-order valence-corrected chi connectivity index (χ0v) is 11.6. The van der Waals surface area contributed by atoms with E-state index in [4.69, 9.17) is 14.3 Å². The maximum atomic E-state index is 11.8. The minimum absolute atomic E-state index is 0.0858. The molecule has 1 aromatic carbocycles. The molecular formula is C15H14N2O5. The quantitative estimate of drug-likeness (QED) is 0.929. The van der Waals surface area contributed by atoms with Crippen molar-refractivity contribution in [1.82, 2.24) is 9.88 Å². The lowest BCUT2D eigenvalue weighted by molar-refractivity contribution is 0.0583. The Morgan fingerprint density at radius 1 is 1.32 bits per heavy atom. The molecule has 7 nitrogen and oxygen atoms in total. The molecule has 2 heterocycles. The van der Waals surface area contributed by atoms with E-state index in [0.29, 0.717) is 19.0 Å². The van der Waals surface area contributed by atoms with E-state index in [0.717, 1.165) is 5.56 Å². The zero-order chi connectivity index (χ0) is 15.5. The van der Waals surface area contributed by atoms with Crippen LogP contribution in [0.15, 0.2) is 40.9 Å². The monoisotopic (exact) mass is 302 g/mol. The Morgan fingerprint density at radius 2 is 2.05 bits per heavy atom. The molecule has 1 amide bonds. The lowest BCUT2D eigenvalue weighted by Gasteiger charge is -2.36. The van der Waals surface area contributed by atoms with Crippen LogP contribution in [0.1, 0.15) is 27.9 Å². The first-order valence-corrected chi connectivity index (χ1v) is 6.78. The van der Waals surface area contributed by atoms with Gasteiger partial charge in [0, 0.05) is 13.1 Å². The van der Waals surface area contributed by atoms with Crippen LogP contribution < -0.4 is 0 Å². The fraction of sp³-hybridized carbons (Fsp3) is 0.267. The molecule has 1 fully saturated rings. The molecule has 2 aromatic rings. The van der Waals surface area contributed by atoms with Gasteiger partial charge in [-0.1, -0.05) is 30.3 Å². The number of likely N-dealkylation sites (tertiary alicyclic amines) is 1. The highest BCUT2D eigenvalue weighted by molar-refractivity contribution is 5.83. The third-order valence-corrected chi connectivity index (χ3v) is 3.43. The average Bonchev–Trinajstić information content (AvgIpc) is 2.94. The van der Waals surface area contributed by atoms with Crippen molar-refractivity contribution in [2.45, 2.75) is 12.5 Å². The van der Waals surface area contributed by atoms with Gasteiger partial charge in [0.05, 0.1) is 12.1 Å². The number of carbonyl (C=O) groups excluding carboxylic acids is 1. The van der Waals surface area contributed by atoms with E-state index in [-0.39, 0.29) is 18.3 Å². The molecule has 1 N–H and O–H groups in total. The van der Waals surface area contributed by atoms with Crippen LogP contribution in [-0.2, 0) is 11.3 Å². The molecular weight excluding hydrogens is 288 g/mol. The highest BCUT2D eigenvalue weighted by Gasteiger charge is 2.36. The molecule has 0 atom stereocenters. The molecule has 0 aliphatic carbocycles. The first-order valence-electron chi connectivity index (χ1n) is 6.78. The third-order valence-electron chi connectivity index (χ3n) is 3.43. The lowest BCUT2D eigenvalue weighted by atomic mass is 10.0. The molecule has 1 aliphatic heterocycles. The topological polar surface area (TPSA) is 92.9 Å². The largest absolute Gasteiger partial charge is 0.475 e. The number of nitrogens with zero attached hydrogens (tertiary/aromatic N) is 2. The van der Waals surface area contributed by atoms with Crippen LogP contribution in [0, 0.1) is 0 Å². The van der Waals surface area contributed by atoms with Gasteiger partial charge in [-0.3, -0.25) is 0 Å². The van der Waals surface area contributed by atoms with Crippen molar-refractivity contribution in [1.29, 1.82) is 0 Å². The highest BCUT2D eigenvalue weighted by Crippen LogP contribution is 2.27. The summed E-state index contributed by atoms with van der Waals surface area (Å²) in [6.07, 6.45) is 0.777. The number of carboxylic acid groups (broad SMARTS) is 1. The number of benzene rings is 1. The van der Waals surface area contributed by atoms with Crippen LogP contribution in [-0.4, -0.2) is 40.1 Å². The van der Waals surface area contributed by atoms with Crippen LogP contribution in [0.25, 0.3) is 0 Å². The Hall–Kier alpha value is -2.83. The second-order valence-corrected chi connectivity index (χ2v) is 5.01. The predicted octanol–water partition coefficient (Wildman–Crippen LogP) is 2.11. The van der Waals surface area contributed by atoms with E-state index < -0.39 is 12.1 Å². The molecule has 1 aliphatic rings. The van der Waals surface area contributed by atoms with Gasteiger partial charge in [-0.25, -0.2) is 14.6 Å². The number of carboxylic acids is 1. The molecule has 3 rings (SSSR count). The van der Waals surface area contributed by atoms with E-state index in [2.05, 4.69) is 4.98 Å². The van der Waals surface area contributed by atoms with Crippen LogP contribution in [0.4, 0.5) is 4.79 Å². The fourth-order valence-electron chi connectivity index (χ4n) is 2.17. The summed E-state index contributed by atoms with van der Waals surface area (Å²) in [4.78, 5) is 28.0. The van der Waals surface area contributed by atoms with E-state index in [1.165, 1.54) is 11.1 Å². The standard InChI is InChI=1S/C15H14N2O5/c18-14(19)12-6-16-13(22-12)11-7-17(8-11)15(20)21-9-10-4-2-1-3-5-10/h1-6,11H,7-9H2,(H,18,19). The van der Waals surface area contributed by atoms with Gasteiger partial charge in [0.1, 0.15) is 6.61 Å². The predicted molar refractivity (Wildman–Crippen MR) is 74.4 cm³/mol. The van der Waals surface area contributed by atoms with E-state index in [9.17, 15) is 9.59 Å². The molecule has 1 aromatic heterocycles. The highest BCUT2D eigenvalue weighted by atomic mass is 16.6. The van der Waals surface area contributed by atoms with Crippen molar-refractivity contribution in [3.63, 3.8) is 0 Å². The molecule has 22 heavy (non-hydrogen) atoms. The number of aromatic carboxylic acids is 1. The fourth-order valence-corrected chi connectivity index (χ4v) is 2.17. The minimum atomic E-state index is -1.16. The van der Waals surface area contributed by atoms with Gasteiger partial charge in [-0.15, -0.1) is 0 Å². The number of hydrogen-bond acceptors (Lipinski definition) is 5. The molecule has 0 unspecified atom stereocenters. The molecule has 0 spiro atoms. The van der Waals surface area contributed by atoms with Crippen molar-refractivity contribution in [3.8, 4) is 0 Å². The molecule has 0 bridgehead atoms. The summed E-state index contributed by atoms with van der Waals surface area (Å²) in [5.41, 5.74) is 0.923. The Labute approximate surface area is 126 Å². The maximum Gasteiger partial charge on any atom is 0.410 e. The molecule has 0 radical (unpaired) electrons. The zero-order valence-electron chi connectivity index (χ0n) is 11.6. The SMILES string of the molecule is O=C(O)c1cnc(C2CN(C(=O)OCc3ccccc3)C2)o1. The van der Waals surface area contributed by atoms with Gasteiger partial charge < -0.3 is 19.2 Å². The van der Waals surface area contributed by atoms with Crippen molar-refractivity contribution in [2.24, 2.45) is 0 Å². The van der Waals surface area contributed by atoms with Gasteiger partial charge in [0.15, 0.2) is 0 Å². The Balaban J connectivity index is 1.48. The summed E-state index contributed by atoms with van der Waals surface area (Å²) in [5, 5.41) is 8.77. The number of ether oxygens (including phenoxy) is 1. The van der Waals surface area contributed by atoms with Gasteiger partial charge in [0.2, 0.25) is 11.7 Å². The van der Waals surface area contributed by atoms with Crippen molar-refractivity contribution >= 4 is 12.1 Å². The van der Waals surface area contributed by atoms with Crippen LogP contribution >= 0.6 is 0 Å². The molecule has 114 valence electrons. The van der Waals surface area contributed by atoms with Crippen LogP contribution in [0.3, 0.4) is 0 Å². The molecule has 7 heteroatoms. The van der Waals surface area contributed by atoms with E-state index in [1.807, 2.05) is 30.3 Å². The third kappa shape index (κ3) is 2.93. The van der Waals surface area contributed by atoms with Crippen molar-refractivity contribution < 1.29 is 23.8 Å². The van der Waals surface area contributed by atoms with E-state index >= 15 is 0 Å². The van der Waals surface area contributed by atoms with Crippen LogP contribution in [0.5, 0.6) is 0 Å². The lowest BCUT2D eigenvalue weighted by Crippen LogP contribution is -2.48. The Kier molecular flexibility index (Phi) is 3.78. The summed E-state index contributed by atoms with van der Waals surface area (Å²) in [7, 11) is 0. The number of aromatic nitrogens is 1. The van der Waals surface area contributed by atoms with Crippen LogP contribution in [0.2, 0.25) is 0 Å². The number of amides is 1. The average molecular weight is 302 g/mol. The van der Waals surface area contributed by atoms with Crippen molar-refractivity contribution in [3.05, 3.63) is 53.7 Å². The van der Waals surface area contributed by atoms with E-state index in [1.54, 1.807) is 0 Å². The first kappa shape index (κ1) is 14.1. The summed E-state index contributed by atoms with van der Waals surface area (Å²) in [6.45, 7) is 1.05. The van der Waals surface area contributed by atoms with Gasteiger partial charge >= 0.3 is 12.1 Å². The summed E-state index contributed by atoms with van der Waals surface area (Å²) >= 11 is 0. The summed E-state index contributed by atoms with van der Waals surface area (Å²) in [5.74, 6) is -1.10. The normalized spacial score (nSPS) is 14.5. The number of oxazole rings is 1. The number of hydrogen-bond donors (Lipinski definition) is 1. The second kappa shape index (κ2) is 5.88. The first-order chi connectivity index (χ1) is 10.6. The second-order valence-electron chi connectivity index (χ2n) is 5.01. The number of rotatable bonds is 4.